The van der Waals surface area contributed by atoms with E-state index in [-0.39, 0.29) is 5.91 Å². The van der Waals surface area contributed by atoms with Crippen LogP contribution in [0.15, 0.2) is 52.7 Å². The molecule has 3 nitrogen and oxygen atoms in total. The third-order valence-corrected chi connectivity index (χ3v) is 5.77. The fraction of sp³-hybridized carbons (Fsp3) is 0.158. The first-order chi connectivity index (χ1) is 12.5. The fourth-order valence-corrected chi connectivity index (χ4v) is 4.14. The molecule has 0 bridgehead atoms. The maximum atomic E-state index is 12.3. The van der Waals surface area contributed by atoms with Gasteiger partial charge in [0.1, 0.15) is 0 Å². The Balaban J connectivity index is 1.65. The van der Waals surface area contributed by atoms with E-state index in [1.54, 1.807) is 30.0 Å². The third kappa shape index (κ3) is 5.01. The molecule has 0 saturated carbocycles. The van der Waals surface area contributed by atoms with Crippen molar-refractivity contribution < 1.29 is 4.79 Å². The molecule has 1 aromatic heterocycles. The summed E-state index contributed by atoms with van der Waals surface area (Å²) in [6, 6.07) is 13.3. The number of hydrogen-bond acceptors (Lipinski definition) is 4. The summed E-state index contributed by atoms with van der Waals surface area (Å²) in [5.74, 6) is 0.932. The first-order valence-corrected chi connectivity index (χ1v) is 10.6. The van der Waals surface area contributed by atoms with Crippen molar-refractivity contribution in [2.45, 2.75) is 18.2 Å². The Labute approximate surface area is 170 Å². The number of anilines is 1. The zero-order valence-electron chi connectivity index (χ0n) is 14.0. The monoisotopic (exact) mass is 422 g/mol. The van der Waals surface area contributed by atoms with E-state index in [4.69, 9.17) is 23.2 Å². The summed E-state index contributed by atoms with van der Waals surface area (Å²) in [6.45, 7) is 2.12. The number of thioether (sulfide) groups is 1. The topological polar surface area (TPSA) is 42.0 Å². The molecule has 3 rings (SSSR count). The van der Waals surface area contributed by atoms with Gasteiger partial charge in [0, 0.05) is 20.9 Å². The molecular weight excluding hydrogens is 407 g/mol. The second-order valence-corrected chi connectivity index (χ2v) is 8.50. The summed E-state index contributed by atoms with van der Waals surface area (Å²) in [5.41, 5.74) is 2.41. The number of carbonyl (C=O) groups is 1. The number of nitrogens with one attached hydrogen (secondary N) is 1. The minimum Gasteiger partial charge on any atom is -0.302 e. The van der Waals surface area contributed by atoms with Gasteiger partial charge < -0.3 is 5.32 Å². The fourth-order valence-electron chi connectivity index (χ4n) is 2.37. The van der Waals surface area contributed by atoms with E-state index >= 15 is 0 Å². The summed E-state index contributed by atoms with van der Waals surface area (Å²) in [5, 5.41) is 6.40. The van der Waals surface area contributed by atoms with E-state index in [1.807, 2.05) is 29.6 Å². The van der Waals surface area contributed by atoms with E-state index in [1.165, 1.54) is 16.2 Å². The average molecular weight is 423 g/mol. The van der Waals surface area contributed by atoms with E-state index in [9.17, 15) is 4.79 Å². The quantitative estimate of drug-likeness (QED) is 0.466. The van der Waals surface area contributed by atoms with Crippen molar-refractivity contribution in [1.29, 1.82) is 0 Å². The molecule has 0 unspecified atom stereocenters. The number of amides is 1. The second-order valence-electron chi connectivity index (χ2n) is 5.46. The van der Waals surface area contributed by atoms with Gasteiger partial charge >= 0.3 is 0 Å². The molecule has 7 heteroatoms. The van der Waals surface area contributed by atoms with Gasteiger partial charge in [0.15, 0.2) is 5.13 Å². The summed E-state index contributed by atoms with van der Waals surface area (Å²) < 4.78 is 0. The molecule has 3 aromatic rings. The van der Waals surface area contributed by atoms with Crippen molar-refractivity contribution >= 4 is 57.3 Å². The van der Waals surface area contributed by atoms with Gasteiger partial charge in [-0.3, -0.25) is 4.79 Å². The molecule has 2 aromatic carbocycles. The Morgan fingerprint density at radius 1 is 1.19 bits per heavy atom. The lowest BCUT2D eigenvalue weighted by atomic mass is 10.1. The molecule has 1 heterocycles. The number of hydrogen-bond donors (Lipinski definition) is 1. The number of rotatable bonds is 6. The first kappa shape index (κ1) is 19.2. The van der Waals surface area contributed by atoms with Crippen LogP contribution < -0.4 is 5.32 Å². The lowest BCUT2D eigenvalue weighted by molar-refractivity contribution is -0.115. The lowest BCUT2D eigenvalue weighted by Gasteiger charge is -2.04. The van der Waals surface area contributed by atoms with Crippen LogP contribution in [-0.4, -0.2) is 16.6 Å². The van der Waals surface area contributed by atoms with Crippen LogP contribution in [0.5, 0.6) is 0 Å². The van der Waals surface area contributed by atoms with Crippen LogP contribution >= 0.6 is 46.3 Å². The Hall–Kier alpha value is -1.53. The van der Waals surface area contributed by atoms with E-state index in [0.717, 1.165) is 16.9 Å². The van der Waals surface area contributed by atoms with Crippen LogP contribution in [0.1, 0.15) is 12.5 Å². The van der Waals surface area contributed by atoms with Gasteiger partial charge in [0.05, 0.1) is 17.1 Å². The van der Waals surface area contributed by atoms with Crippen LogP contribution in [0.3, 0.4) is 0 Å². The average Bonchev–Trinajstić information content (AvgIpc) is 3.07. The maximum absolute atomic E-state index is 12.3. The maximum Gasteiger partial charge on any atom is 0.230 e. The van der Waals surface area contributed by atoms with E-state index < -0.39 is 0 Å². The number of halogens is 2. The lowest BCUT2D eigenvalue weighted by Crippen LogP contribution is -2.14. The molecular formula is C19H16Cl2N2OS2. The Bertz CT molecular complexity index is 910. The summed E-state index contributed by atoms with van der Waals surface area (Å²) in [4.78, 5) is 17.9. The van der Waals surface area contributed by atoms with Crippen LogP contribution in [-0.2, 0) is 11.2 Å². The summed E-state index contributed by atoms with van der Waals surface area (Å²) in [7, 11) is 0. The zero-order chi connectivity index (χ0) is 18.5. The van der Waals surface area contributed by atoms with Crippen LogP contribution in [0.4, 0.5) is 5.13 Å². The van der Waals surface area contributed by atoms with Gasteiger partial charge in [-0.1, -0.05) is 42.3 Å². The minimum absolute atomic E-state index is 0.0982. The number of aromatic nitrogens is 1. The van der Waals surface area contributed by atoms with Gasteiger partial charge in [-0.15, -0.1) is 23.1 Å². The van der Waals surface area contributed by atoms with Crippen molar-refractivity contribution in [3.63, 3.8) is 0 Å². The highest BCUT2D eigenvalue weighted by Gasteiger charge is 2.11. The number of nitrogens with zero attached hydrogens (tertiary/aromatic N) is 1. The molecule has 1 amide bonds. The number of carbonyl (C=O) groups excluding carboxylic acids is 1. The Kier molecular flexibility index (Phi) is 6.59. The predicted molar refractivity (Wildman–Crippen MR) is 113 cm³/mol. The van der Waals surface area contributed by atoms with E-state index in [2.05, 4.69) is 17.2 Å². The van der Waals surface area contributed by atoms with Crippen molar-refractivity contribution in [2.24, 2.45) is 0 Å². The summed E-state index contributed by atoms with van der Waals surface area (Å²) >= 11 is 15.4. The molecule has 26 heavy (non-hydrogen) atoms. The molecule has 0 atom stereocenters. The van der Waals surface area contributed by atoms with Gasteiger partial charge in [-0.05, 0) is 41.6 Å². The molecule has 0 saturated heterocycles. The predicted octanol–water partition coefficient (Wildman–Crippen LogP) is 6.41. The first-order valence-electron chi connectivity index (χ1n) is 7.97. The summed E-state index contributed by atoms with van der Waals surface area (Å²) in [6.07, 6.45) is 0.309. The van der Waals surface area contributed by atoms with Crippen LogP contribution in [0, 0.1) is 0 Å². The molecule has 0 aliphatic carbocycles. The zero-order valence-corrected chi connectivity index (χ0v) is 17.1. The Morgan fingerprint density at radius 3 is 2.69 bits per heavy atom. The van der Waals surface area contributed by atoms with Crippen molar-refractivity contribution in [1.82, 2.24) is 4.98 Å². The molecule has 1 N–H and O–H groups in total. The number of benzene rings is 2. The highest BCUT2D eigenvalue weighted by molar-refractivity contribution is 7.99. The molecule has 0 aliphatic rings. The van der Waals surface area contributed by atoms with E-state index in [0.29, 0.717) is 27.3 Å². The molecule has 0 radical (unpaired) electrons. The van der Waals surface area contributed by atoms with Gasteiger partial charge in [-0.2, -0.15) is 0 Å². The highest BCUT2D eigenvalue weighted by atomic mass is 35.5. The third-order valence-electron chi connectivity index (χ3n) is 3.55. The van der Waals surface area contributed by atoms with Crippen LogP contribution in [0.25, 0.3) is 11.3 Å². The standard InChI is InChI=1S/C19H16Cl2N2OS2/c1-2-25-14-6-3-12(4-7-14)9-18(24)23-19-22-17(11-26-19)15-10-13(20)5-8-16(15)21/h3-8,10-11H,2,9H2,1H3,(H,22,23,24). The SMILES string of the molecule is CCSc1ccc(CC(=O)Nc2nc(-c3cc(Cl)ccc3Cl)cs2)cc1. The number of thiazole rings is 1. The molecule has 0 aliphatic heterocycles. The molecule has 134 valence electrons. The van der Waals surface area contributed by atoms with Crippen LogP contribution in [0.2, 0.25) is 10.0 Å². The highest BCUT2D eigenvalue weighted by Crippen LogP contribution is 2.32. The molecule has 0 fully saturated rings. The van der Waals surface area contributed by atoms with Crippen molar-refractivity contribution in [3.8, 4) is 11.3 Å². The molecule has 0 spiro atoms. The van der Waals surface area contributed by atoms with Gasteiger partial charge in [0.2, 0.25) is 5.91 Å². The van der Waals surface area contributed by atoms with Crippen molar-refractivity contribution in [2.75, 3.05) is 11.1 Å². The van der Waals surface area contributed by atoms with Gasteiger partial charge in [0.25, 0.3) is 0 Å². The van der Waals surface area contributed by atoms with Crippen molar-refractivity contribution in [3.05, 3.63) is 63.5 Å². The second kappa shape index (κ2) is 8.91. The smallest absolute Gasteiger partial charge is 0.230 e. The minimum atomic E-state index is -0.0982. The van der Waals surface area contributed by atoms with Gasteiger partial charge in [-0.25, -0.2) is 4.98 Å². The normalized spacial score (nSPS) is 10.7. The Morgan fingerprint density at radius 2 is 1.96 bits per heavy atom. The largest absolute Gasteiger partial charge is 0.302 e.